The predicted molar refractivity (Wildman–Crippen MR) is 188 cm³/mol. The van der Waals surface area contributed by atoms with Crippen LogP contribution in [0.5, 0.6) is 17.4 Å². The minimum absolute atomic E-state index is 0.172. The minimum atomic E-state index is -3.63. The lowest BCUT2D eigenvalue weighted by Gasteiger charge is -2.24. The Balaban J connectivity index is 1.36. The van der Waals surface area contributed by atoms with Crippen molar-refractivity contribution < 1.29 is 27.5 Å². The quantitative estimate of drug-likeness (QED) is 0.107. The van der Waals surface area contributed by atoms with Crippen molar-refractivity contribution in [2.75, 3.05) is 34.0 Å². The number of nitrogens with zero attached hydrogens (tertiary/aromatic N) is 2. The van der Waals surface area contributed by atoms with Gasteiger partial charge < -0.3 is 25.4 Å². The maximum Gasteiger partial charge on any atom is 0.323 e. The highest BCUT2D eigenvalue weighted by Gasteiger charge is 2.22. The first kappa shape index (κ1) is 33.7. The van der Waals surface area contributed by atoms with Crippen molar-refractivity contribution in [3.05, 3.63) is 102 Å². The van der Waals surface area contributed by atoms with E-state index in [9.17, 15) is 18.0 Å². The van der Waals surface area contributed by atoms with Gasteiger partial charge in [-0.05, 0) is 46.9 Å². The molecule has 0 saturated heterocycles. The normalized spacial score (nSPS) is 11.4. The summed E-state index contributed by atoms with van der Waals surface area (Å²) in [6.07, 6.45) is 3.42. The number of ether oxygens (including phenoxy) is 2. The number of nitrogens with one attached hydrogen (secondary N) is 4. The molecule has 48 heavy (non-hydrogen) atoms. The molecule has 1 aromatic heterocycles. The molecule has 0 unspecified atom stereocenters. The molecular weight excluding hydrogens is 632 g/mol. The maximum atomic E-state index is 13.4. The lowest BCUT2D eigenvalue weighted by atomic mass is 9.86. The van der Waals surface area contributed by atoms with E-state index in [1.54, 1.807) is 48.7 Å². The van der Waals surface area contributed by atoms with E-state index in [2.05, 4.69) is 30.6 Å². The summed E-state index contributed by atoms with van der Waals surface area (Å²) in [7, 11) is -2.23. The highest BCUT2D eigenvalue weighted by Crippen LogP contribution is 2.40. The fourth-order valence-corrected chi connectivity index (χ4v) is 5.50. The van der Waals surface area contributed by atoms with Crippen molar-refractivity contribution in [2.45, 2.75) is 32.7 Å². The van der Waals surface area contributed by atoms with E-state index < -0.39 is 16.1 Å². The standard InChI is InChI=1S/C35H36N6O6S/c1-35(2,3)24-18-28(32(46-4)29(19-24)41-48(5,44)45)39-34(43)38-27-13-14-30(26-12-7-6-11-25(26)27)47-31-15-16-36-33(40-31)37-20-22-9-8-10-23(17-22)21-42/h6-19,21,41H,20H2,1-5H3,(H,36,37,40)(H2,38,39,43). The van der Waals surface area contributed by atoms with Gasteiger partial charge in [0.1, 0.15) is 12.0 Å². The van der Waals surface area contributed by atoms with Crippen LogP contribution in [0.3, 0.4) is 0 Å². The topological polar surface area (TPSA) is 161 Å². The summed E-state index contributed by atoms with van der Waals surface area (Å²) in [4.78, 5) is 33.2. The number of carbonyl (C=O) groups is 2. The molecule has 0 atom stereocenters. The molecule has 13 heteroatoms. The molecule has 4 aromatic carbocycles. The molecule has 0 aliphatic carbocycles. The molecule has 5 rings (SSSR count). The number of hydrogen-bond acceptors (Lipinski definition) is 9. The molecular formula is C35H36N6O6S. The van der Waals surface area contributed by atoms with Crippen LogP contribution in [-0.4, -0.2) is 44.1 Å². The van der Waals surface area contributed by atoms with Crippen LogP contribution >= 0.6 is 0 Å². The third-order valence-corrected chi connectivity index (χ3v) is 7.81. The van der Waals surface area contributed by atoms with Crippen LogP contribution in [-0.2, 0) is 22.0 Å². The molecule has 0 radical (unpaired) electrons. The zero-order chi connectivity index (χ0) is 34.5. The predicted octanol–water partition coefficient (Wildman–Crippen LogP) is 7.17. The van der Waals surface area contributed by atoms with E-state index >= 15 is 0 Å². The summed E-state index contributed by atoms with van der Waals surface area (Å²) in [5, 5.41) is 10.3. The number of urea groups is 1. The molecule has 248 valence electrons. The number of sulfonamides is 1. The molecule has 12 nitrogen and oxygen atoms in total. The van der Waals surface area contributed by atoms with Gasteiger partial charge in [0.05, 0.1) is 30.4 Å². The minimum Gasteiger partial charge on any atom is -0.492 e. The zero-order valence-electron chi connectivity index (χ0n) is 27.1. The van der Waals surface area contributed by atoms with Crippen molar-refractivity contribution in [3.8, 4) is 17.4 Å². The summed E-state index contributed by atoms with van der Waals surface area (Å²) in [5.74, 6) is 1.34. The average Bonchev–Trinajstić information content (AvgIpc) is 3.04. The van der Waals surface area contributed by atoms with Crippen LogP contribution in [0.2, 0.25) is 0 Å². The third kappa shape index (κ3) is 8.36. The smallest absolute Gasteiger partial charge is 0.323 e. The van der Waals surface area contributed by atoms with Gasteiger partial charge in [0, 0.05) is 35.1 Å². The van der Waals surface area contributed by atoms with E-state index in [-0.39, 0.29) is 16.9 Å². The summed E-state index contributed by atoms with van der Waals surface area (Å²) >= 11 is 0. The highest BCUT2D eigenvalue weighted by atomic mass is 32.2. The van der Waals surface area contributed by atoms with Crippen molar-refractivity contribution in [1.82, 2.24) is 9.97 Å². The molecule has 0 saturated carbocycles. The van der Waals surface area contributed by atoms with Gasteiger partial charge in [0.25, 0.3) is 0 Å². The van der Waals surface area contributed by atoms with Crippen LogP contribution in [0, 0.1) is 0 Å². The van der Waals surface area contributed by atoms with Gasteiger partial charge >= 0.3 is 6.03 Å². The molecule has 5 aromatic rings. The summed E-state index contributed by atoms with van der Waals surface area (Å²) in [6, 6.07) is 22.6. The Bertz CT molecular complexity index is 2100. The Kier molecular flexibility index (Phi) is 9.80. The Morgan fingerprint density at radius 1 is 0.896 bits per heavy atom. The SMILES string of the molecule is COc1c(NC(=O)Nc2ccc(Oc3ccnc(NCc4cccc(C=O)c4)n3)c3ccccc23)cc(C(C)(C)C)cc1NS(C)(=O)=O. The number of amides is 2. The Morgan fingerprint density at radius 2 is 1.62 bits per heavy atom. The molecule has 1 heterocycles. The van der Waals surface area contributed by atoms with Gasteiger partial charge in [-0.15, -0.1) is 0 Å². The zero-order valence-corrected chi connectivity index (χ0v) is 27.9. The Hall–Kier alpha value is -5.69. The van der Waals surface area contributed by atoms with Gasteiger partial charge in [-0.2, -0.15) is 4.98 Å². The largest absolute Gasteiger partial charge is 0.492 e. The lowest BCUT2D eigenvalue weighted by Crippen LogP contribution is -2.22. The second kappa shape index (κ2) is 14.0. The molecule has 2 amide bonds. The number of benzene rings is 4. The molecule has 0 bridgehead atoms. The van der Waals surface area contributed by atoms with Crippen LogP contribution in [0.1, 0.15) is 42.3 Å². The number of aldehydes is 1. The van der Waals surface area contributed by atoms with Crippen molar-refractivity contribution >= 4 is 56.1 Å². The van der Waals surface area contributed by atoms with Gasteiger partial charge in [0.2, 0.25) is 21.9 Å². The van der Waals surface area contributed by atoms with E-state index in [4.69, 9.17) is 9.47 Å². The third-order valence-electron chi connectivity index (χ3n) is 7.22. The van der Waals surface area contributed by atoms with Crippen LogP contribution in [0.25, 0.3) is 10.8 Å². The number of anilines is 4. The van der Waals surface area contributed by atoms with E-state index in [1.807, 2.05) is 57.2 Å². The Morgan fingerprint density at radius 3 is 2.33 bits per heavy atom. The fourth-order valence-electron chi connectivity index (χ4n) is 4.95. The van der Waals surface area contributed by atoms with E-state index in [0.717, 1.165) is 29.1 Å². The van der Waals surface area contributed by atoms with Crippen LogP contribution in [0.4, 0.5) is 27.8 Å². The van der Waals surface area contributed by atoms with E-state index in [0.29, 0.717) is 46.4 Å². The average molecular weight is 669 g/mol. The number of aromatic nitrogens is 2. The second-order valence-electron chi connectivity index (χ2n) is 12.0. The van der Waals surface area contributed by atoms with E-state index in [1.165, 1.54) is 7.11 Å². The summed E-state index contributed by atoms with van der Waals surface area (Å²) in [6.45, 7) is 6.35. The summed E-state index contributed by atoms with van der Waals surface area (Å²) < 4.78 is 38.4. The molecule has 4 N–H and O–H groups in total. The van der Waals surface area contributed by atoms with Gasteiger partial charge in [0.15, 0.2) is 5.75 Å². The first-order valence-corrected chi connectivity index (χ1v) is 16.8. The summed E-state index contributed by atoms with van der Waals surface area (Å²) in [5.41, 5.74) is 2.93. The number of hydrogen-bond donors (Lipinski definition) is 4. The molecule has 0 spiro atoms. The monoisotopic (exact) mass is 668 g/mol. The second-order valence-corrected chi connectivity index (χ2v) is 13.8. The number of methoxy groups -OCH3 is 1. The first-order chi connectivity index (χ1) is 22.8. The van der Waals surface area contributed by atoms with Gasteiger partial charge in [-0.3, -0.25) is 9.52 Å². The highest BCUT2D eigenvalue weighted by molar-refractivity contribution is 7.92. The maximum absolute atomic E-state index is 13.4. The number of rotatable bonds is 11. The number of carbonyl (C=O) groups excluding carboxylic acids is 2. The lowest BCUT2D eigenvalue weighted by molar-refractivity contribution is 0.112. The van der Waals surface area contributed by atoms with Crippen molar-refractivity contribution in [2.24, 2.45) is 0 Å². The first-order valence-electron chi connectivity index (χ1n) is 14.9. The van der Waals surface area contributed by atoms with Crippen LogP contribution in [0.15, 0.2) is 85.1 Å². The number of fused-ring (bicyclic) bond motifs is 1. The van der Waals surface area contributed by atoms with Gasteiger partial charge in [-0.1, -0.05) is 63.2 Å². The fraction of sp³-hybridized carbons (Fsp3) is 0.200. The molecule has 0 aliphatic heterocycles. The molecule has 0 fully saturated rings. The van der Waals surface area contributed by atoms with Crippen molar-refractivity contribution in [3.63, 3.8) is 0 Å². The molecule has 0 aliphatic rings. The van der Waals surface area contributed by atoms with Gasteiger partial charge in [-0.25, -0.2) is 18.2 Å². The Labute approximate surface area is 279 Å². The van der Waals surface area contributed by atoms with Crippen molar-refractivity contribution in [1.29, 1.82) is 0 Å². The van der Waals surface area contributed by atoms with Crippen LogP contribution < -0.4 is 30.1 Å².